The molecule has 1 aliphatic heterocycles. The van der Waals surface area contributed by atoms with Gasteiger partial charge in [-0.3, -0.25) is 9.78 Å². The lowest BCUT2D eigenvalue weighted by atomic mass is 9.93. The number of benzene rings is 1. The van der Waals surface area contributed by atoms with Gasteiger partial charge in [0.2, 0.25) is 0 Å². The van der Waals surface area contributed by atoms with Crippen LogP contribution in [0.3, 0.4) is 0 Å². The fourth-order valence-corrected chi connectivity index (χ4v) is 3.75. The van der Waals surface area contributed by atoms with Crippen LogP contribution >= 0.6 is 11.3 Å². The summed E-state index contributed by atoms with van der Waals surface area (Å²) in [4.78, 5) is 27.3. The molecule has 1 saturated heterocycles. The third-order valence-corrected chi connectivity index (χ3v) is 5.31. The Bertz CT molecular complexity index is 925. The molecule has 1 aromatic carbocycles. The van der Waals surface area contributed by atoms with Gasteiger partial charge in [-0.25, -0.2) is 14.4 Å². The Hall–Kier alpha value is -2.87. The second kappa shape index (κ2) is 7.79. The normalized spacial score (nSPS) is 14.9. The van der Waals surface area contributed by atoms with E-state index >= 15 is 0 Å². The lowest BCUT2D eigenvalue weighted by molar-refractivity contribution is 0.0707. The molecule has 0 unspecified atom stereocenters. The molecular weight excluding hydrogens is 365 g/mol. The summed E-state index contributed by atoms with van der Waals surface area (Å²) >= 11 is 1.50. The van der Waals surface area contributed by atoms with Gasteiger partial charge in [-0.15, -0.1) is 11.3 Å². The molecule has 1 N–H and O–H groups in total. The Kier molecular flexibility index (Phi) is 5.06. The second-order valence-corrected chi connectivity index (χ2v) is 7.23. The van der Waals surface area contributed by atoms with Crippen LogP contribution in [0.1, 0.15) is 34.8 Å². The zero-order chi connectivity index (χ0) is 18.6. The number of rotatable bonds is 4. The van der Waals surface area contributed by atoms with Crippen LogP contribution in [0, 0.1) is 5.82 Å². The van der Waals surface area contributed by atoms with Gasteiger partial charge in [-0.05, 0) is 25.0 Å². The van der Waals surface area contributed by atoms with E-state index in [0.717, 1.165) is 23.7 Å². The molecule has 3 heterocycles. The van der Waals surface area contributed by atoms with E-state index in [1.165, 1.54) is 23.5 Å². The number of hydrogen-bond acceptors (Lipinski definition) is 6. The summed E-state index contributed by atoms with van der Waals surface area (Å²) in [7, 11) is 0. The van der Waals surface area contributed by atoms with Crippen LogP contribution in [0.2, 0.25) is 0 Å². The van der Waals surface area contributed by atoms with E-state index in [2.05, 4.69) is 20.3 Å². The van der Waals surface area contributed by atoms with Crippen molar-refractivity contribution in [2.24, 2.45) is 0 Å². The van der Waals surface area contributed by atoms with E-state index in [1.807, 2.05) is 5.38 Å². The molecule has 4 rings (SSSR count). The molecule has 2 aromatic heterocycles. The molecular formula is C19H18FN5OS. The summed E-state index contributed by atoms with van der Waals surface area (Å²) in [6.07, 6.45) is 6.71. The predicted molar refractivity (Wildman–Crippen MR) is 102 cm³/mol. The van der Waals surface area contributed by atoms with Crippen LogP contribution in [-0.4, -0.2) is 38.8 Å². The second-order valence-electron chi connectivity index (χ2n) is 6.34. The van der Waals surface area contributed by atoms with Gasteiger partial charge in [0.05, 0.1) is 17.5 Å². The molecule has 138 valence electrons. The van der Waals surface area contributed by atoms with Crippen LogP contribution in [-0.2, 0) is 0 Å². The molecule has 0 aliphatic carbocycles. The highest BCUT2D eigenvalue weighted by atomic mass is 32.1. The summed E-state index contributed by atoms with van der Waals surface area (Å²) in [6, 6.07) is 6.11. The van der Waals surface area contributed by atoms with Gasteiger partial charge in [-0.2, -0.15) is 0 Å². The van der Waals surface area contributed by atoms with E-state index < -0.39 is 5.82 Å². The number of nitrogens with one attached hydrogen (secondary N) is 1. The van der Waals surface area contributed by atoms with E-state index in [0.29, 0.717) is 18.9 Å². The molecule has 0 spiro atoms. The Morgan fingerprint density at radius 1 is 1.22 bits per heavy atom. The Morgan fingerprint density at radius 3 is 2.78 bits per heavy atom. The van der Waals surface area contributed by atoms with Gasteiger partial charge in [0.15, 0.2) is 10.9 Å². The average molecular weight is 383 g/mol. The van der Waals surface area contributed by atoms with Gasteiger partial charge >= 0.3 is 0 Å². The number of piperidine rings is 1. The standard InChI is InChI=1S/C19H18FN5OS/c20-15-4-2-1-3-14(15)18(26)25-8-5-13(6-9-25)16-11-21-12-17(23-16)24-19-22-7-10-27-19/h1-4,7,10-13H,5-6,8-9H2,(H,22,23,24). The zero-order valence-corrected chi connectivity index (χ0v) is 15.3. The maximum atomic E-state index is 13.9. The SMILES string of the molecule is O=C(c1ccccc1F)N1CCC(c2cncc(Nc3nccs3)n2)CC1. The Balaban J connectivity index is 1.41. The van der Waals surface area contributed by atoms with Gasteiger partial charge < -0.3 is 10.2 Å². The number of likely N-dealkylation sites (tertiary alicyclic amines) is 1. The maximum absolute atomic E-state index is 13.9. The molecule has 3 aromatic rings. The molecule has 0 saturated carbocycles. The van der Waals surface area contributed by atoms with E-state index in [4.69, 9.17) is 0 Å². The molecule has 27 heavy (non-hydrogen) atoms. The van der Waals surface area contributed by atoms with Crippen molar-refractivity contribution in [1.82, 2.24) is 19.9 Å². The first kappa shape index (κ1) is 17.5. The van der Waals surface area contributed by atoms with Crippen LogP contribution in [0.15, 0.2) is 48.2 Å². The largest absolute Gasteiger partial charge is 0.339 e. The Morgan fingerprint density at radius 2 is 2.04 bits per heavy atom. The highest BCUT2D eigenvalue weighted by molar-refractivity contribution is 7.13. The summed E-state index contributed by atoms with van der Waals surface area (Å²) in [6.45, 7) is 1.15. The first-order chi connectivity index (χ1) is 13.2. The van der Waals surface area contributed by atoms with Crippen molar-refractivity contribution in [3.05, 3.63) is 65.3 Å². The zero-order valence-electron chi connectivity index (χ0n) is 14.5. The lowest BCUT2D eigenvalue weighted by Gasteiger charge is -2.31. The number of thiazole rings is 1. The number of aromatic nitrogens is 3. The van der Waals surface area contributed by atoms with Crippen LogP contribution < -0.4 is 5.32 Å². The number of nitrogens with zero attached hydrogens (tertiary/aromatic N) is 4. The molecule has 1 aliphatic rings. The van der Waals surface area contributed by atoms with Crippen LogP contribution in [0.4, 0.5) is 15.3 Å². The van der Waals surface area contributed by atoms with Crippen LogP contribution in [0.5, 0.6) is 0 Å². The number of carbonyl (C=O) groups is 1. The summed E-state index contributed by atoms with van der Waals surface area (Å²) in [5, 5.41) is 5.81. The lowest BCUT2D eigenvalue weighted by Crippen LogP contribution is -2.38. The fourth-order valence-electron chi connectivity index (χ4n) is 3.22. The molecule has 1 fully saturated rings. The fraction of sp³-hybridized carbons (Fsp3) is 0.263. The number of halogens is 1. The number of anilines is 2. The third kappa shape index (κ3) is 3.95. The van der Waals surface area contributed by atoms with Gasteiger partial charge in [0, 0.05) is 36.8 Å². The number of carbonyl (C=O) groups excluding carboxylic acids is 1. The van der Waals surface area contributed by atoms with Crippen molar-refractivity contribution in [3.8, 4) is 0 Å². The smallest absolute Gasteiger partial charge is 0.256 e. The molecule has 1 amide bonds. The summed E-state index contributed by atoms with van der Waals surface area (Å²) in [5.74, 6) is 0.154. The van der Waals surface area contributed by atoms with E-state index in [9.17, 15) is 9.18 Å². The van der Waals surface area contributed by atoms with Gasteiger partial charge in [0.1, 0.15) is 5.82 Å². The first-order valence-corrected chi connectivity index (χ1v) is 9.61. The minimum absolute atomic E-state index is 0.130. The number of amides is 1. The minimum Gasteiger partial charge on any atom is -0.339 e. The summed E-state index contributed by atoms with van der Waals surface area (Å²) < 4.78 is 13.9. The van der Waals surface area contributed by atoms with E-state index in [1.54, 1.807) is 35.6 Å². The molecule has 0 atom stereocenters. The highest BCUT2D eigenvalue weighted by Crippen LogP contribution is 2.28. The van der Waals surface area contributed by atoms with Crippen molar-refractivity contribution in [2.45, 2.75) is 18.8 Å². The van der Waals surface area contributed by atoms with Gasteiger partial charge in [-0.1, -0.05) is 12.1 Å². The molecule has 8 heteroatoms. The van der Waals surface area contributed by atoms with Crippen molar-refractivity contribution in [1.29, 1.82) is 0 Å². The minimum atomic E-state index is -0.476. The van der Waals surface area contributed by atoms with Crippen molar-refractivity contribution in [2.75, 3.05) is 18.4 Å². The third-order valence-electron chi connectivity index (χ3n) is 4.63. The molecule has 0 bridgehead atoms. The topological polar surface area (TPSA) is 71.0 Å². The average Bonchev–Trinajstić information content (AvgIpc) is 3.21. The Labute approximate surface area is 160 Å². The van der Waals surface area contributed by atoms with Gasteiger partial charge in [0.25, 0.3) is 5.91 Å². The van der Waals surface area contributed by atoms with Crippen molar-refractivity contribution in [3.63, 3.8) is 0 Å². The van der Waals surface area contributed by atoms with Crippen molar-refractivity contribution < 1.29 is 9.18 Å². The molecule has 6 nitrogen and oxygen atoms in total. The van der Waals surface area contributed by atoms with E-state index in [-0.39, 0.29) is 17.4 Å². The van der Waals surface area contributed by atoms with Crippen LogP contribution in [0.25, 0.3) is 0 Å². The maximum Gasteiger partial charge on any atom is 0.256 e. The van der Waals surface area contributed by atoms with Crippen molar-refractivity contribution >= 4 is 28.2 Å². The molecule has 0 radical (unpaired) electrons. The summed E-state index contributed by atoms with van der Waals surface area (Å²) in [5.41, 5.74) is 1.03. The number of hydrogen-bond donors (Lipinski definition) is 1. The highest BCUT2D eigenvalue weighted by Gasteiger charge is 2.26. The quantitative estimate of drug-likeness (QED) is 0.741. The predicted octanol–water partition coefficient (Wildman–Crippen LogP) is 3.84. The monoisotopic (exact) mass is 383 g/mol. The first-order valence-electron chi connectivity index (χ1n) is 8.73.